The molecule has 0 saturated carbocycles. The largest absolute Gasteiger partial charge is 0.462 e. The third-order valence-electron chi connectivity index (χ3n) is 7.43. The Balaban J connectivity index is 2.76. The number of hydrogen-bond acceptors (Lipinski definition) is 9. The Morgan fingerprint density at radius 3 is 1.50 bits per heavy atom. The topological polar surface area (TPSA) is 86.8 Å². The highest BCUT2D eigenvalue weighted by Gasteiger charge is 2.49. The van der Waals surface area contributed by atoms with Crippen molar-refractivity contribution in [2.45, 2.75) is 141 Å². The van der Waals surface area contributed by atoms with E-state index in [9.17, 15) is 9.59 Å². The number of carbonyl (C=O) groups is 2. The third-order valence-corrected chi connectivity index (χ3v) is 7.43. The van der Waals surface area contributed by atoms with E-state index in [4.69, 9.17) is 23.7 Å². The smallest absolute Gasteiger partial charge is 0.322 e. The van der Waals surface area contributed by atoms with Crippen molar-refractivity contribution >= 4 is 11.9 Å². The van der Waals surface area contributed by atoms with E-state index in [0.29, 0.717) is 13.2 Å². The molecule has 1 aliphatic rings. The zero-order chi connectivity index (χ0) is 31.0. The summed E-state index contributed by atoms with van der Waals surface area (Å²) in [5.74, 6) is -0.729. The van der Waals surface area contributed by atoms with Gasteiger partial charge in [0.25, 0.3) is 0 Å². The van der Waals surface area contributed by atoms with Crippen LogP contribution in [-0.2, 0) is 33.3 Å². The predicted octanol–water partition coefficient (Wildman–Crippen LogP) is 5.97. The lowest BCUT2D eigenvalue weighted by Crippen LogP contribution is -2.41. The van der Waals surface area contributed by atoms with Gasteiger partial charge in [-0.15, -0.1) is 0 Å². The standard InChI is InChI=1S/C33H64N2O7/c1-7-9-11-13-15-17-19-21-23-38-31-28(27-40-29(36)25-34(3)4)41-33(42-30(37)26-35(5)6)32(31)39-24-22-20-18-16-14-12-10-8-2/h28,31-33H,7-27H2,1-6H3/t28-,31?,32+,33+/m1/s1. The summed E-state index contributed by atoms with van der Waals surface area (Å²) in [6, 6.07) is 0. The molecule has 1 heterocycles. The van der Waals surface area contributed by atoms with Gasteiger partial charge < -0.3 is 23.7 Å². The molecule has 0 aromatic carbocycles. The van der Waals surface area contributed by atoms with Gasteiger partial charge in [0.15, 0.2) is 0 Å². The van der Waals surface area contributed by atoms with E-state index in [-0.39, 0.29) is 25.7 Å². The summed E-state index contributed by atoms with van der Waals surface area (Å²) in [6.45, 7) is 5.90. The molecule has 1 saturated heterocycles. The molecule has 0 amide bonds. The number of likely N-dealkylation sites (N-methyl/N-ethyl adjacent to an activating group) is 2. The molecule has 0 N–H and O–H groups in total. The summed E-state index contributed by atoms with van der Waals surface area (Å²) in [5.41, 5.74) is 0. The Hall–Kier alpha value is -1.26. The number of ether oxygens (including phenoxy) is 5. The molecule has 248 valence electrons. The molecule has 0 radical (unpaired) electrons. The number of unbranched alkanes of at least 4 members (excludes halogenated alkanes) is 14. The highest BCUT2D eigenvalue weighted by atomic mass is 16.7. The lowest BCUT2D eigenvalue weighted by atomic mass is 10.1. The summed E-state index contributed by atoms with van der Waals surface area (Å²) in [5, 5.41) is 0. The molecule has 42 heavy (non-hydrogen) atoms. The monoisotopic (exact) mass is 600 g/mol. The van der Waals surface area contributed by atoms with Crippen LogP contribution in [0.15, 0.2) is 0 Å². The Kier molecular flexibility index (Phi) is 23.2. The van der Waals surface area contributed by atoms with Crippen LogP contribution >= 0.6 is 0 Å². The molecule has 9 heteroatoms. The second kappa shape index (κ2) is 25.1. The van der Waals surface area contributed by atoms with Crippen LogP contribution in [0.25, 0.3) is 0 Å². The van der Waals surface area contributed by atoms with Gasteiger partial charge in [-0.25, -0.2) is 0 Å². The van der Waals surface area contributed by atoms with Gasteiger partial charge in [0.2, 0.25) is 6.29 Å². The summed E-state index contributed by atoms with van der Waals surface area (Å²) in [6.07, 6.45) is 16.8. The van der Waals surface area contributed by atoms with Crippen molar-refractivity contribution in [2.24, 2.45) is 0 Å². The van der Waals surface area contributed by atoms with Crippen LogP contribution in [0.3, 0.4) is 0 Å². The number of carbonyl (C=O) groups excluding carboxylic acids is 2. The first-order valence-electron chi connectivity index (χ1n) is 16.8. The molecular formula is C33H64N2O7. The van der Waals surface area contributed by atoms with Gasteiger partial charge in [0.05, 0.1) is 13.1 Å². The lowest BCUT2D eigenvalue weighted by Gasteiger charge is -2.25. The molecule has 1 rings (SSSR count). The fourth-order valence-corrected chi connectivity index (χ4v) is 5.11. The SMILES string of the molecule is CCCCCCCCCCOC1[C@@H](COC(=O)CN(C)C)O[C@@H](OC(=O)CN(C)C)[C@H]1OCCCCCCCCCC. The maximum Gasteiger partial charge on any atom is 0.322 e. The third kappa shape index (κ3) is 19.1. The minimum Gasteiger partial charge on any atom is -0.462 e. The molecule has 4 atom stereocenters. The van der Waals surface area contributed by atoms with E-state index in [1.54, 1.807) is 9.80 Å². The molecule has 9 nitrogen and oxygen atoms in total. The van der Waals surface area contributed by atoms with Crippen LogP contribution in [0.4, 0.5) is 0 Å². The molecular weight excluding hydrogens is 536 g/mol. The van der Waals surface area contributed by atoms with Crippen molar-refractivity contribution in [1.29, 1.82) is 0 Å². The molecule has 1 aliphatic heterocycles. The lowest BCUT2D eigenvalue weighted by molar-refractivity contribution is -0.197. The summed E-state index contributed by atoms with van der Waals surface area (Å²) in [7, 11) is 7.27. The van der Waals surface area contributed by atoms with E-state index in [1.807, 2.05) is 28.2 Å². The second-order valence-corrected chi connectivity index (χ2v) is 12.3. The summed E-state index contributed by atoms with van der Waals surface area (Å²) >= 11 is 0. The normalized spacial score (nSPS) is 20.5. The predicted molar refractivity (Wildman–Crippen MR) is 168 cm³/mol. The first kappa shape index (κ1) is 38.8. The van der Waals surface area contributed by atoms with Gasteiger partial charge in [0.1, 0.15) is 24.9 Å². The fourth-order valence-electron chi connectivity index (χ4n) is 5.11. The van der Waals surface area contributed by atoms with Gasteiger partial charge in [-0.1, -0.05) is 104 Å². The highest BCUT2D eigenvalue weighted by molar-refractivity contribution is 5.72. The number of hydrogen-bond donors (Lipinski definition) is 0. The van der Waals surface area contributed by atoms with Crippen molar-refractivity contribution in [1.82, 2.24) is 9.80 Å². The van der Waals surface area contributed by atoms with Gasteiger partial charge in [-0.3, -0.25) is 19.4 Å². The first-order valence-corrected chi connectivity index (χ1v) is 16.8. The zero-order valence-corrected chi connectivity index (χ0v) is 27.9. The summed E-state index contributed by atoms with van der Waals surface area (Å²) < 4.78 is 30.1. The Morgan fingerprint density at radius 2 is 1.02 bits per heavy atom. The minimum atomic E-state index is -0.910. The van der Waals surface area contributed by atoms with Crippen molar-refractivity contribution in [3.8, 4) is 0 Å². The molecule has 1 fully saturated rings. The van der Waals surface area contributed by atoms with Gasteiger partial charge in [-0.2, -0.15) is 0 Å². The summed E-state index contributed by atoms with van der Waals surface area (Å²) in [4.78, 5) is 28.4. The highest BCUT2D eigenvalue weighted by Crippen LogP contribution is 2.29. The van der Waals surface area contributed by atoms with E-state index < -0.39 is 30.6 Å². The van der Waals surface area contributed by atoms with Crippen molar-refractivity contribution in [3.05, 3.63) is 0 Å². The fraction of sp³-hybridized carbons (Fsp3) is 0.939. The Morgan fingerprint density at radius 1 is 0.595 bits per heavy atom. The molecule has 0 aromatic rings. The van der Waals surface area contributed by atoms with E-state index in [2.05, 4.69) is 13.8 Å². The van der Waals surface area contributed by atoms with Crippen LogP contribution in [0.2, 0.25) is 0 Å². The van der Waals surface area contributed by atoms with Gasteiger partial charge >= 0.3 is 11.9 Å². The second-order valence-electron chi connectivity index (χ2n) is 12.3. The minimum absolute atomic E-state index is 0.0219. The van der Waals surface area contributed by atoms with E-state index in [0.717, 1.165) is 25.7 Å². The Labute approximate surface area is 257 Å². The van der Waals surface area contributed by atoms with Gasteiger partial charge in [-0.05, 0) is 41.0 Å². The average molecular weight is 601 g/mol. The molecule has 0 aliphatic carbocycles. The van der Waals surface area contributed by atoms with Crippen LogP contribution < -0.4 is 0 Å². The maximum absolute atomic E-state index is 12.6. The van der Waals surface area contributed by atoms with Crippen LogP contribution in [0.5, 0.6) is 0 Å². The van der Waals surface area contributed by atoms with Crippen LogP contribution in [0, 0.1) is 0 Å². The van der Waals surface area contributed by atoms with E-state index in [1.165, 1.54) is 77.0 Å². The molecule has 0 aromatic heterocycles. The number of esters is 2. The van der Waals surface area contributed by atoms with E-state index >= 15 is 0 Å². The molecule has 0 spiro atoms. The molecule has 0 bridgehead atoms. The Bertz CT molecular complexity index is 677. The van der Waals surface area contributed by atoms with Gasteiger partial charge in [0, 0.05) is 13.2 Å². The van der Waals surface area contributed by atoms with Crippen molar-refractivity contribution in [3.63, 3.8) is 0 Å². The number of nitrogens with zero attached hydrogens (tertiary/aromatic N) is 2. The molecule has 1 unspecified atom stereocenters. The van der Waals surface area contributed by atoms with Crippen LogP contribution in [-0.4, -0.2) is 107 Å². The quantitative estimate of drug-likeness (QED) is 0.0836. The van der Waals surface area contributed by atoms with Crippen molar-refractivity contribution < 1.29 is 33.3 Å². The first-order chi connectivity index (χ1) is 20.3. The maximum atomic E-state index is 12.6. The zero-order valence-electron chi connectivity index (χ0n) is 27.9. The average Bonchev–Trinajstić information content (AvgIpc) is 3.24. The van der Waals surface area contributed by atoms with Crippen LogP contribution in [0.1, 0.15) is 117 Å². The number of rotatable bonds is 27. The van der Waals surface area contributed by atoms with Crippen molar-refractivity contribution in [2.75, 3.05) is 61.1 Å².